The number of aromatic hydroxyl groups is 2. The smallest absolute Gasteiger partial charge is 0.309 e. The van der Waals surface area contributed by atoms with Gasteiger partial charge in [0.05, 0.1) is 10.8 Å². The van der Waals surface area contributed by atoms with Gasteiger partial charge in [0.25, 0.3) is 0 Å². The first kappa shape index (κ1) is 38.9. The van der Waals surface area contributed by atoms with Crippen molar-refractivity contribution in [1.29, 1.82) is 0 Å². The highest BCUT2D eigenvalue weighted by Gasteiger charge is 2.57. The highest BCUT2D eigenvalue weighted by Crippen LogP contribution is 2.62. The van der Waals surface area contributed by atoms with Crippen molar-refractivity contribution in [3.8, 4) is 17.2 Å². The van der Waals surface area contributed by atoms with E-state index in [1.807, 2.05) is 13.8 Å². The third-order valence-corrected chi connectivity index (χ3v) is 12.9. The number of phenolic OH excluding ortho intramolecular Hbond substituents is 2. The number of aliphatic carboxylic acids is 1. The Kier molecular flexibility index (Phi) is 10.4. The molecule has 1 aliphatic heterocycles. The van der Waals surface area contributed by atoms with Crippen molar-refractivity contribution >= 4 is 23.3 Å². The van der Waals surface area contributed by atoms with Crippen LogP contribution in [0.3, 0.4) is 0 Å². The quantitative estimate of drug-likeness (QED) is 0.0897. The fraction of sp³-hybridized carbons (Fsp3) is 0.571. The number of fused-ring (bicyclic) bond motifs is 2. The molecular formula is C42H54O10. The molecule has 1 aromatic rings. The molecule has 0 unspecified atom stereocenters. The first-order valence-electron chi connectivity index (χ1n) is 18.5. The summed E-state index contributed by atoms with van der Waals surface area (Å²) in [6.45, 7) is 16.3. The zero-order chi connectivity index (χ0) is 38.7. The molecule has 0 spiro atoms. The summed E-state index contributed by atoms with van der Waals surface area (Å²) in [5, 5.41) is 55.8. The van der Waals surface area contributed by atoms with Gasteiger partial charge in [0.15, 0.2) is 17.3 Å². The predicted octanol–water partition coefficient (Wildman–Crippen LogP) is 8.34. The number of carbonyl (C=O) groups excluding carboxylic acids is 3. The number of hydrogen-bond donors (Lipinski definition) is 5. The number of rotatable bonds is 10. The highest BCUT2D eigenvalue weighted by atomic mass is 16.5. The van der Waals surface area contributed by atoms with E-state index in [1.165, 1.54) is 13.8 Å². The Bertz CT molecular complexity index is 1840. The van der Waals surface area contributed by atoms with E-state index in [1.54, 1.807) is 6.92 Å². The molecule has 10 heteroatoms. The van der Waals surface area contributed by atoms with Crippen LogP contribution in [0.5, 0.6) is 17.2 Å². The summed E-state index contributed by atoms with van der Waals surface area (Å²) >= 11 is 0. The maximum atomic E-state index is 13.3. The summed E-state index contributed by atoms with van der Waals surface area (Å²) in [5.74, 6) is -4.58. The Hall–Kier alpha value is -4.34. The van der Waals surface area contributed by atoms with E-state index in [9.17, 15) is 44.7 Å². The zero-order valence-corrected chi connectivity index (χ0v) is 31.6. The second kappa shape index (κ2) is 13.9. The van der Waals surface area contributed by atoms with Gasteiger partial charge in [-0.1, -0.05) is 38.5 Å². The zero-order valence-electron chi connectivity index (χ0n) is 31.6. The van der Waals surface area contributed by atoms with Crippen molar-refractivity contribution < 1.29 is 49.4 Å². The average Bonchev–Trinajstić information content (AvgIpc) is 3.06. The molecule has 4 aliphatic rings. The van der Waals surface area contributed by atoms with Crippen LogP contribution >= 0.6 is 0 Å². The maximum Gasteiger partial charge on any atom is 0.309 e. The Morgan fingerprint density at radius 2 is 1.65 bits per heavy atom. The molecule has 2 fully saturated rings. The van der Waals surface area contributed by atoms with E-state index in [2.05, 4.69) is 19.6 Å². The molecule has 5 rings (SSSR count). The molecule has 0 amide bonds. The standard InChI is InChI=1S/C42H54O10/c1-9-11-28(44)32-33(45)24-14-16-29(22(3)12-15-27-21(2)13-17-30-41(27,7)18-10-19-42(30,8)39(50)51)52-36(24)25(34(32)46)20-26-35(47)31(23(4)43)38(49)40(5,6)37(26)48/h12,27,29-30,45-48H,2,9-11,13-20H2,1,3-8H3,(H,50,51)/t27-,29-,30+,41+,42+/m1/s1. The van der Waals surface area contributed by atoms with Crippen LogP contribution in [0.1, 0.15) is 128 Å². The number of Topliss-reactive ketones (excluding diaryl/α,β-unsaturated/α-hetero) is 3. The van der Waals surface area contributed by atoms with Gasteiger partial charge in [-0.25, -0.2) is 0 Å². The van der Waals surface area contributed by atoms with E-state index in [0.717, 1.165) is 43.8 Å². The van der Waals surface area contributed by atoms with Gasteiger partial charge >= 0.3 is 5.97 Å². The maximum absolute atomic E-state index is 13.3. The molecule has 1 aromatic carbocycles. The monoisotopic (exact) mass is 718 g/mol. The Morgan fingerprint density at radius 3 is 2.27 bits per heavy atom. The van der Waals surface area contributed by atoms with Crippen LogP contribution in [0.25, 0.3) is 0 Å². The second-order valence-corrected chi connectivity index (χ2v) is 16.5. The Labute approximate surface area is 306 Å². The van der Waals surface area contributed by atoms with Gasteiger partial charge in [-0.3, -0.25) is 19.2 Å². The van der Waals surface area contributed by atoms with E-state index >= 15 is 0 Å². The molecule has 52 heavy (non-hydrogen) atoms. The van der Waals surface area contributed by atoms with Crippen LogP contribution in [0, 0.1) is 28.1 Å². The van der Waals surface area contributed by atoms with E-state index < -0.39 is 69.5 Å². The topological polar surface area (TPSA) is 179 Å². The van der Waals surface area contributed by atoms with Gasteiger partial charge in [0.1, 0.15) is 46.0 Å². The van der Waals surface area contributed by atoms with Gasteiger partial charge in [0.2, 0.25) is 0 Å². The molecule has 0 radical (unpaired) electrons. The van der Waals surface area contributed by atoms with Gasteiger partial charge in [-0.15, -0.1) is 0 Å². The third kappa shape index (κ3) is 6.15. The minimum atomic E-state index is -1.56. The lowest BCUT2D eigenvalue weighted by Crippen LogP contribution is -2.53. The van der Waals surface area contributed by atoms with Gasteiger partial charge in [0, 0.05) is 29.5 Å². The molecule has 2 saturated carbocycles. The SMILES string of the molecule is C=C1CC[C@H]2[C@@](C)(CCC[C@]2(C)C(=O)O)[C@@H]1CC=C(C)[C@H]1CCc2c(O)c(C(=O)CCC)c(O)c(CC3=C(O)C(C)(C)C(=O)C(C(C)=O)=C3O)c2O1. The number of aliphatic hydroxyl groups excluding tert-OH is 2. The number of ketones is 3. The number of carboxylic acid groups (broad SMARTS) is 1. The molecule has 0 aromatic heterocycles. The summed E-state index contributed by atoms with van der Waals surface area (Å²) in [5.41, 5.74) is -1.12. The Morgan fingerprint density at radius 1 is 0.981 bits per heavy atom. The molecule has 0 saturated heterocycles. The summed E-state index contributed by atoms with van der Waals surface area (Å²) in [6, 6.07) is 0. The summed E-state index contributed by atoms with van der Waals surface area (Å²) in [6.07, 6.45) is 7.10. The lowest BCUT2D eigenvalue weighted by molar-refractivity contribution is -0.164. The van der Waals surface area contributed by atoms with E-state index in [0.29, 0.717) is 37.7 Å². The molecule has 1 heterocycles. The number of benzene rings is 1. The largest absolute Gasteiger partial charge is 0.511 e. The van der Waals surface area contributed by atoms with Crippen molar-refractivity contribution in [2.75, 3.05) is 0 Å². The van der Waals surface area contributed by atoms with Crippen LogP contribution in [0.15, 0.2) is 46.5 Å². The van der Waals surface area contributed by atoms with Crippen LogP contribution in [-0.2, 0) is 27.2 Å². The number of hydrogen-bond acceptors (Lipinski definition) is 9. The summed E-state index contributed by atoms with van der Waals surface area (Å²) in [7, 11) is 0. The van der Waals surface area contributed by atoms with Crippen molar-refractivity contribution in [1.82, 2.24) is 0 Å². The molecule has 3 aliphatic carbocycles. The van der Waals surface area contributed by atoms with Crippen LogP contribution in [0.2, 0.25) is 0 Å². The predicted molar refractivity (Wildman–Crippen MR) is 196 cm³/mol. The van der Waals surface area contributed by atoms with Gasteiger partial charge < -0.3 is 30.3 Å². The second-order valence-electron chi connectivity index (χ2n) is 16.5. The van der Waals surface area contributed by atoms with Gasteiger partial charge in [-0.2, -0.15) is 0 Å². The minimum Gasteiger partial charge on any atom is -0.511 e. The first-order valence-corrected chi connectivity index (χ1v) is 18.5. The van der Waals surface area contributed by atoms with E-state index in [4.69, 9.17) is 4.74 Å². The highest BCUT2D eigenvalue weighted by molar-refractivity contribution is 6.23. The fourth-order valence-electron chi connectivity index (χ4n) is 9.68. The van der Waals surface area contributed by atoms with Crippen molar-refractivity contribution in [3.05, 3.63) is 63.2 Å². The summed E-state index contributed by atoms with van der Waals surface area (Å²) < 4.78 is 6.57. The molecule has 282 valence electrons. The summed E-state index contributed by atoms with van der Waals surface area (Å²) in [4.78, 5) is 51.4. The van der Waals surface area contributed by atoms with Crippen LogP contribution in [0.4, 0.5) is 0 Å². The number of phenols is 2. The molecule has 10 nitrogen and oxygen atoms in total. The van der Waals surface area contributed by atoms with Crippen molar-refractivity contribution in [2.45, 2.75) is 125 Å². The molecular weight excluding hydrogens is 664 g/mol. The normalized spacial score (nSPS) is 29.0. The molecule has 5 N–H and O–H groups in total. The molecule has 5 atom stereocenters. The number of aliphatic hydroxyl groups is 2. The van der Waals surface area contributed by atoms with Crippen molar-refractivity contribution in [2.24, 2.45) is 28.1 Å². The number of allylic oxidation sites excluding steroid dienone is 5. The Balaban J connectivity index is 1.55. The van der Waals surface area contributed by atoms with Gasteiger partial charge in [-0.05, 0) is 109 Å². The van der Waals surface area contributed by atoms with Crippen LogP contribution in [-0.4, -0.2) is 55.0 Å². The minimum absolute atomic E-state index is 0.0196. The number of carbonyl (C=O) groups is 4. The first-order chi connectivity index (χ1) is 24.2. The number of ether oxygens (including phenoxy) is 1. The fourth-order valence-corrected chi connectivity index (χ4v) is 9.68. The third-order valence-electron chi connectivity index (χ3n) is 12.9. The lowest BCUT2D eigenvalue weighted by atomic mass is 9.46. The van der Waals surface area contributed by atoms with E-state index in [-0.39, 0.29) is 51.9 Å². The van der Waals surface area contributed by atoms with Crippen molar-refractivity contribution in [3.63, 3.8) is 0 Å². The lowest BCUT2D eigenvalue weighted by Gasteiger charge is -2.57. The molecule has 0 bridgehead atoms. The number of carboxylic acids is 1. The van der Waals surface area contributed by atoms with Crippen LogP contribution < -0.4 is 4.74 Å². The average molecular weight is 719 g/mol.